The average Bonchev–Trinajstić information content (AvgIpc) is 2.88. The molecule has 0 bridgehead atoms. The van der Waals surface area contributed by atoms with Gasteiger partial charge >= 0.3 is 0 Å². The molecule has 8 nitrogen and oxygen atoms in total. The molecule has 0 radical (unpaired) electrons. The number of pyridine rings is 1. The van der Waals surface area contributed by atoms with Crippen LogP contribution < -0.4 is 16.0 Å². The molecule has 1 saturated heterocycles. The molecule has 0 spiro atoms. The monoisotopic (exact) mass is 485 g/mol. The Morgan fingerprint density at radius 2 is 1.86 bits per heavy atom. The molecule has 0 saturated carbocycles. The summed E-state index contributed by atoms with van der Waals surface area (Å²) in [7, 11) is 0. The van der Waals surface area contributed by atoms with E-state index in [1.54, 1.807) is 18.5 Å². The van der Waals surface area contributed by atoms with Gasteiger partial charge in [0.2, 0.25) is 11.9 Å². The summed E-state index contributed by atoms with van der Waals surface area (Å²) in [5.74, 6) is 0.389. The molecule has 1 fully saturated rings. The molecule has 5 rings (SSSR count). The maximum absolute atomic E-state index is 12.4. The summed E-state index contributed by atoms with van der Waals surface area (Å²) in [6, 6.07) is 17.7. The van der Waals surface area contributed by atoms with Crippen LogP contribution in [0.15, 0.2) is 67.0 Å². The minimum Gasteiger partial charge on any atom is -0.380 e. The number of amides is 1. The van der Waals surface area contributed by atoms with E-state index in [1.807, 2.05) is 55.5 Å². The van der Waals surface area contributed by atoms with Crippen molar-refractivity contribution < 1.29 is 9.18 Å². The number of alkyl halides is 1. The van der Waals surface area contributed by atoms with E-state index in [1.165, 1.54) is 0 Å². The van der Waals surface area contributed by atoms with E-state index in [-0.39, 0.29) is 12.6 Å². The third-order valence-electron chi connectivity index (χ3n) is 6.14. The molecule has 1 aliphatic heterocycles. The first-order valence-electron chi connectivity index (χ1n) is 12.1. The fraction of sp³-hybridized carbons (Fsp3) is 0.259. The van der Waals surface area contributed by atoms with E-state index < -0.39 is 0 Å². The van der Waals surface area contributed by atoms with Crippen LogP contribution in [0.25, 0.3) is 22.2 Å². The molecule has 36 heavy (non-hydrogen) atoms. The predicted molar refractivity (Wildman–Crippen MR) is 141 cm³/mol. The van der Waals surface area contributed by atoms with Crippen LogP contribution in [-0.2, 0) is 4.79 Å². The largest absolute Gasteiger partial charge is 0.380 e. The van der Waals surface area contributed by atoms with Gasteiger partial charge in [0.05, 0.1) is 22.9 Å². The van der Waals surface area contributed by atoms with Gasteiger partial charge in [0, 0.05) is 60.8 Å². The number of hydrogen-bond acceptors (Lipinski definition) is 7. The fourth-order valence-corrected chi connectivity index (χ4v) is 4.24. The van der Waals surface area contributed by atoms with Crippen molar-refractivity contribution in [2.75, 3.05) is 42.3 Å². The number of hydrogen-bond donors (Lipinski definition) is 3. The van der Waals surface area contributed by atoms with Gasteiger partial charge in [-0.3, -0.25) is 14.7 Å². The zero-order chi connectivity index (χ0) is 24.9. The van der Waals surface area contributed by atoms with Crippen molar-refractivity contribution in [3.05, 3.63) is 67.0 Å². The lowest BCUT2D eigenvalue weighted by Gasteiger charge is -2.39. The first kappa shape index (κ1) is 23.6. The Kier molecular flexibility index (Phi) is 6.99. The summed E-state index contributed by atoms with van der Waals surface area (Å²) in [6.45, 7) is 3.73. The number of carbonyl (C=O) groups is 1. The van der Waals surface area contributed by atoms with E-state index >= 15 is 0 Å². The Balaban J connectivity index is 1.35. The second-order valence-corrected chi connectivity index (χ2v) is 8.73. The van der Waals surface area contributed by atoms with Gasteiger partial charge in [-0.05, 0) is 36.4 Å². The number of likely N-dealkylation sites (tertiary alicyclic amines) is 1. The predicted octanol–water partition coefficient (Wildman–Crippen LogP) is 4.85. The Morgan fingerprint density at radius 3 is 2.64 bits per heavy atom. The van der Waals surface area contributed by atoms with Gasteiger partial charge in [-0.15, -0.1) is 0 Å². The van der Waals surface area contributed by atoms with Gasteiger partial charge in [0.25, 0.3) is 0 Å². The number of nitrogens with zero attached hydrogens (tertiary/aromatic N) is 4. The minimum atomic E-state index is -0.302. The standard InChI is InChI=1S/C27H28FN7O/c1-2-24(36)33-23-7-4-13-29-26(23)22-6-3-5-18-15-30-27(34-25(18)22)32-20-10-8-19(9-11-20)31-21-16-35(17-21)14-12-28/h3-11,13,15,21,31H,2,12,14,16-17H2,1H3,(H,33,36)(H,30,32,34). The third-order valence-corrected chi connectivity index (χ3v) is 6.14. The topological polar surface area (TPSA) is 95.1 Å². The van der Waals surface area contributed by atoms with Crippen molar-refractivity contribution in [1.82, 2.24) is 19.9 Å². The van der Waals surface area contributed by atoms with Crippen LogP contribution in [0.1, 0.15) is 13.3 Å². The van der Waals surface area contributed by atoms with Crippen LogP contribution in [-0.4, -0.2) is 58.1 Å². The van der Waals surface area contributed by atoms with Crippen LogP contribution in [0.4, 0.5) is 27.4 Å². The Labute approximate surface area is 209 Å². The van der Waals surface area contributed by atoms with Gasteiger partial charge in [-0.2, -0.15) is 0 Å². The number of aromatic nitrogens is 3. The Hall–Kier alpha value is -4.11. The molecule has 4 aromatic rings. The van der Waals surface area contributed by atoms with Gasteiger partial charge in [-0.1, -0.05) is 25.1 Å². The van der Waals surface area contributed by atoms with Crippen molar-refractivity contribution in [2.24, 2.45) is 0 Å². The van der Waals surface area contributed by atoms with E-state index in [0.29, 0.717) is 36.3 Å². The number of benzene rings is 2. The summed E-state index contributed by atoms with van der Waals surface area (Å²) < 4.78 is 12.4. The Bertz CT molecular complexity index is 1360. The zero-order valence-corrected chi connectivity index (χ0v) is 20.0. The molecular formula is C27H28FN7O. The van der Waals surface area contributed by atoms with Gasteiger partial charge < -0.3 is 16.0 Å². The number of halogens is 1. The Morgan fingerprint density at radius 1 is 1.06 bits per heavy atom. The van der Waals surface area contributed by atoms with Crippen molar-refractivity contribution >= 4 is 39.8 Å². The van der Waals surface area contributed by atoms with Crippen molar-refractivity contribution in [1.29, 1.82) is 0 Å². The highest BCUT2D eigenvalue weighted by Crippen LogP contribution is 2.31. The molecule has 2 aromatic heterocycles. The lowest BCUT2D eigenvalue weighted by molar-refractivity contribution is -0.115. The number of para-hydroxylation sites is 1. The lowest BCUT2D eigenvalue weighted by Crippen LogP contribution is -2.55. The highest BCUT2D eigenvalue weighted by Gasteiger charge is 2.25. The molecule has 3 heterocycles. The van der Waals surface area contributed by atoms with Crippen LogP contribution in [0.5, 0.6) is 0 Å². The number of nitrogens with one attached hydrogen (secondary N) is 3. The van der Waals surface area contributed by atoms with Crippen LogP contribution in [0, 0.1) is 0 Å². The normalized spacial score (nSPS) is 13.8. The summed E-state index contributed by atoms with van der Waals surface area (Å²) in [4.78, 5) is 27.9. The number of anilines is 4. The van der Waals surface area contributed by atoms with Crippen molar-refractivity contribution in [3.63, 3.8) is 0 Å². The first-order valence-corrected chi connectivity index (χ1v) is 12.1. The third kappa shape index (κ3) is 5.26. The van der Waals surface area contributed by atoms with Crippen LogP contribution >= 0.6 is 0 Å². The summed E-state index contributed by atoms with van der Waals surface area (Å²) in [5.41, 5.74) is 4.73. The van der Waals surface area contributed by atoms with Crippen LogP contribution in [0.2, 0.25) is 0 Å². The van der Waals surface area contributed by atoms with Crippen molar-refractivity contribution in [2.45, 2.75) is 19.4 Å². The number of carbonyl (C=O) groups excluding carboxylic acids is 1. The molecule has 0 unspecified atom stereocenters. The maximum Gasteiger partial charge on any atom is 0.227 e. The quantitative estimate of drug-likeness (QED) is 0.312. The maximum atomic E-state index is 12.4. The highest BCUT2D eigenvalue weighted by atomic mass is 19.1. The first-order chi connectivity index (χ1) is 17.6. The highest BCUT2D eigenvalue weighted by molar-refractivity contribution is 6.00. The SMILES string of the molecule is CCC(=O)Nc1cccnc1-c1cccc2cnc(Nc3ccc(NC4CN(CCF)C4)cc3)nc12. The molecule has 1 aliphatic rings. The van der Waals surface area contributed by atoms with Crippen LogP contribution in [0.3, 0.4) is 0 Å². The molecule has 0 aliphatic carbocycles. The van der Waals surface area contributed by atoms with E-state index in [0.717, 1.165) is 40.9 Å². The number of rotatable bonds is 9. The van der Waals surface area contributed by atoms with Gasteiger partial charge in [0.15, 0.2) is 0 Å². The molecular weight excluding hydrogens is 457 g/mol. The van der Waals surface area contributed by atoms with Crippen molar-refractivity contribution in [3.8, 4) is 11.3 Å². The molecule has 3 N–H and O–H groups in total. The summed E-state index contributed by atoms with van der Waals surface area (Å²) >= 11 is 0. The fourth-order valence-electron chi connectivity index (χ4n) is 4.24. The molecule has 2 aromatic carbocycles. The van der Waals surface area contributed by atoms with E-state index in [9.17, 15) is 9.18 Å². The minimum absolute atomic E-state index is 0.0752. The molecule has 9 heteroatoms. The molecule has 0 atom stereocenters. The second kappa shape index (κ2) is 10.7. The second-order valence-electron chi connectivity index (χ2n) is 8.73. The lowest BCUT2D eigenvalue weighted by atomic mass is 10.1. The van der Waals surface area contributed by atoms with E-state index in [2.05, 4.69) is 30.8 Å². The summed E-state index contributed by atoms with van der Waals surface area (Å²) in [5, 5.41) is 10.5. The van der Waals surface area contributed by atoms with E-state index in [4.69, 9.17) is 4.98 Å². The summed E-state index contributed by atoms with van der Waals surface area (Å²) in [6.07, 6.45) is 3.86. The van der Waals surface area contributed by atoms with Gasteiger partial charge in [-0.25, -0.2) is 14.4 Å². The molecule has 184 valence electrons. The zero-order valence-electron chi connectivity index (χ0n) is 20.0. The van der Waals surface area contributed by atoms with Gasteiger partial charge in [0.1, 0.15) is 6.67 Å². The average molecular weight is 486 g/mol. The number of fused-ring (bicyclic) bond motifs is 1. The smallest absolute Gasteiger partial charge is 0.227 e. The molecule has 1 amide bonds.